The summed E-state index contributed by atoms with van der Waals surface area (Å²) >= 11 is 0. The Morgan fingerprint density at radius 3 is 2.62 bits per heavy atom. The normalized spacial score (nSPS) is 16.6. The molecule has 5 nitrogen and oxygen atoms in total. The number of nitrogen functional groups attached to an aromatic ring is 1. The molecule has 2 aromatic heterocycles. The van der Waals surface area contributed by atoms with Gasteiger partial charge in [-0.25, -0.2) is 0 Å². The van der Waals surface area contributed by atoms with Crippen LogP contribution in [0.15, 0.2) is 47.4 Å². The van der Waals surface area contributed by atoms with Crippen LogP contribution in [0.3, 0.4) is 0 Å². The minimum atomic E-state index is -0.0222. The van der Waals surface area contributed by atoms with Gasteiger partial charge in [0.15, 0.2) is 5.78 Å². The van der Waals surface area contributed by atoms with E-state index in [1.165, 1.54) is 18.1 Å². The highest BCUT2D eigenvalue weighted by Crippen LogP contribution is 2.35. The van der Waals surface area contributed by atoms with Gasteiger partial charge in [-0.1, -0.05) is 0 Å². The van der Waals surface area contributed by atoms with E-state index >= 15 is 0 Å². The summed E-state index contributed by atoms with van der Waals surface area (Å²) in [7, 11) is 0. The Bertz CT molecular complexity index is 916. The molecule has 26 heavy (non-hydrogen) atoms. The quantitative estimate of drug-likeness (QED) is 0.574. The molecule has 0 unspecified atom stereocenters. The van der Waals surface area contributed by atoms with Gasteiger partial charge in [0.25, 0.3) is 0 Å². The average Bonchev–Trinajstić information content (AvgIpc) is 3.29. The second kappa shape index (κ2) is 6.65. The van der Waals surface area contributed by atoms with E-state index in [-0.39, 0.29) is 5.78 Å². The van der Waals surface area contributed by atoms with E-state index in [2.05, 4.69) is 18.7 Å². The Hall–Kier alpha value is -2.53. The molecule has 1 aliphatic rings. The number of hydrogen-bond donors (Lipinski definition) is 1. The van der Waals surface area contributed by atoms with Gasteiger partial charge in [-0.3, -0.25) is 9.47 Å². The largest absolute Gasteiger partial charge is 0.472 e. The molecule has 0 aliphatic carbocycles. The van der Waals surface area contributed by atoms with Crippen molar-refractivity contribution in [3.8, 4) is 0 Å². The van der Waals surface area contributed by atoms with E-state index in [0.717, 1.165) is 36.8 Å². The van der Waals surface area contributed by atoms with Gasteiger partial charge >= 0.3 is 0 Å². The van der Waals surface area contributed by atoms with Gasteiger partial charge in [0, 0.05) is 23.2 Å². The number of benzene rings is 1. The summed E-state index contributed by atoms with van der Waals surface area (Å²) in [5.74, 6) is 6.65. The monoisotopic (exact) mass is 351 g/mol. The van der Waals surface area contributed by atoms with Gasteiger partial charge in [-0.15, -0.1) is 0 Å². The second-order valence-electron chi connectivity index (χ2n) is 7.47. The maximum absolute atomic E-state index is 12.7. The number of nitrogens with zero attached hydrogens (tertiary/aromatic N) is 2. The van der Waals surface area contributed by atoms with Crippen LogP contribution in [0.4, 0.5) is 0 Å². The number of furan rings is 1. The molecule has 2 N–H and O–H groups in total. The fourth-order valence-corrected chi connectivity index (χ4v) is 4.04. The fraction of sp³-hybridized carbons (Fsp3) is 0.381. The van der Waals surface area contributed by atoms with Crippen molar-refractivity contribution in [3.63, 3.8) is 0 Å². The summed E-state index contributed by atoms with van der Waals surface area (Å²) in [5.41, 5.74) is 3.47. The van der Waals surface area contributed by atoms with Gasteiger partial charge in [-0.2, -0.15) is 0 Å². The number of hydrogen-bond acceptors (Lipinski definition) is 4. The number of nitrogens with two attached hydrogens (primary N) is 1. The number of fused-ring (bicyclic) bond motifs is 1. The molecule has 4 rings (SSSR count). The maximum atomic E-state index is 12.7. The maximum Gasteiger partial charge on any atom is 0.196 e. The molecule has 0 spiro atoms. The molecular weight excluding hydrogens is 326 g/mol. The summed E-state index contributed by atoms with van der Waals surface area (Å²) in [6.45, 7) is 6.71. The third-order valence-corrected chi connectivity index (χ3v) is 5.61. The van der Waals surface area contributed by atoms with E-state index in [1.807, 2.05) is 24.4 Å². The molecule has 1 aromatic carbocycles. The highest BCUT2D eigenvalue weighted by molar-refractivity contribution is 6.10. The first-order valence-electron chi connectivity index (χ1n) is 9.25. The van der Waals surface area contributed by atoms with E-state index in [1.54, 1.807) is 10.7 Å². The van der Waals surface area contributed by atoms with Crippen LogP contribution in [0.1, 0.15) is 54.1 Å². The zero-order chi connectivity index (χ0) is 18.3. The zero-order valence-corrected chi connectivity index (χ0v) is 15.3. The van der Waals surface area contributed by atoms with Crippen molar-refractivity contribution < 1.29 is 9.21 Å². The van der Waals surface area contributed by atoms with Crippen molar-refractivity contribution in [1.29, 1.82) is 0 Å². The lowest BCUT2D eigenvalue weighted by molar-refractivity contribution is 0.103. The number of aromatic nitrogens is 1. The van der Waals surface area contributed by atoms with Gasteiger partial charge in [0.2, 0.25) is 0 Å². The molecular formula is C21H25N3O2. The number of carbonyl (C=O) groups excluding carboxylic acids is 1. The van der Waals surface area contributed by atoms with Gasteiger partial charge in [0.05, 0.1) is 17.3 Å². The van der Waals surface area contributed by atoms with E-state index in [4.69, 9.17) is 10.3 Å². The lowest BCUT2D eigenvalue weighted by Crippen LogP contribution is -2.37. The van der Waals surface area contributed by atoms with Crippen LogP contribution in [0.2, 0.25) is 0 Å². The summed E-state index contributed by atoms with van der Waals surface area (Å²) in [6, 6.07) is 8.05. The van der Waals surface area contributed by atoms with Crippen LogP contribution in [-0.2, 0) is 0 Å². The molecule has 1 fully saturated rings. The minimum Gasteiger partial charge on any atom is -0.472 e. The van der Waals surface area contributed by atoms with Crippen LogP contribution < -0.4 is 5.84 Å². The van der Waals surface area contributed by atoms with Gasteiger partial charge in [0.1, 0.15) is 6.26 Å². The standard InChI is InChI=1S/C21H25N3O2/c1-14(2)23-8-5-15(6-9-23)19-12-24(22)20-4-3-16(11-18(19)20)21(25)17-7-10-26-13-17/h3-4,7,10-15H,5-6,8-9,22H2,1-2H3. The third-order valence-electron chi connectivity index (χ3n) is 5.61. The highest BCUT2D eigenvalue weighted by Gasteiger charge is 2.25. The fourth-order valence-electron chi connectivity index (χ4n) is 4.04. The molecule has 3 aromatic rings. The molecule has 5 heteroatoms. The second-order valence-corrected chi connectivity index (χ2v) is 7.47. The Balaban J connectivity index is 1.67. The van der Waals surface area contributed by atoms with Crippen LogP contribution in [-0.4, -0.2) is 34.5 Å². The Kier molecular flexibility index (Phi) is 4.32. The number of carbonyl (C=O) groups is 1. The lowest BCUT2D eigenvalue weighted by Gasteiger charge is -2.34. The third kappa shape index (κ3) is 2.92. The van der Waals surface area contributed by atoms with Crippen molar-refractivity contribution in [2.75, 3.05) is 18.9 Å². The number of rotatable bonds is 4. The number of piperidine rings is 1. The molecule has 0 saturated carbocycles. The van der Waals surface area contributed by atoms with E-state index in [9.17, 15) is 4.79 Å². The minimum absolute atomic E-state index is 0.0222. The van der Waals surface area contributed by atoms with E-state index in [0.29, 0.717) is 23.1 Å². The lowest BCUT2D eigenvalue weighted by atomic mass is 9.88. The summed E-state index contributed by atoms with van der Waals surface area (Å²) in [5, 5.41) is 1.09. The van der Waals surface area contributed by atoms with Crippen LogP contribution >= 0.6 is 0 Å². The van der Waals surface area contributed by atoms with Crippen molar-refractivity contribution in [2.24, 2.45) is 0 Å². The molecule has 0 atom stereocenters. The van der Waals surface area contributed by atoms with Gasteiger partial charge in [-0.05, 0) is 75.5 Å². The highest BCUT2D eigenvalue weighted by atomic mass is 16.3. The SMILES string of the molecule is CC(C)N1CCC(c2cn(N)c3ccc(C(=O)c4ccoc4)cc23)CC1. The first-order valence-corrected chi connectivity index (χ1v) is 9.25. The predicted octanol–water partition coefficient (Wildman–Crippen LogP) is 3.77. The average molecular weight is 351 g/mol. The molecule has 0 bridgehead atoms. The molecule has 136 valence electrons. The summed E-state index contributed by atoms with van der Waals surface area (Å²) < 4.78 is 6.73. The Morgan fingerprint density at radius 2 is 1.96 bits per heavy atom. The van der Waals surface area contributed by atoms with Crippen molar-refractivity contribution in [1.82, 2.24) is 9.58 Å². The topological polar surface area (TPSA) is 64.4 Å². The van der Waals surface area contributed by atoms with Crippen molar-refractivity contribution >= 4 is 16.7 Å². The van der Waals surface area contributed by atoms with Gasteiger partial charge < -0.3 is 15.2 Å². The smallest absolute Gasteiger partial charge is 0.196 e. The number of likely N-dealkylation sites (tertiary alicyclic amines) is 1. The first kappa shape index (κ1) is 16.9. The molecule has 3 heterocycles. The van der Waals surface area contributed by atoms with E-state index < -0.39 is 0 Å². The van der Waals surface area contributed by atoms with Crippen molar-refractivity contribution in [2.45, 2.75) is 38.6 Å². The summed E-state index contributed by atoms with van der Waals surface area (Å²) in [6.07, 6.45) is 7.29. The summed E-state index contributed by atoms with van der Waals surface area (Å²) in [4.78, 5) is 15.2. The van der Waals surface area contributed by atoms with Crippen molar-refractivity contribution in [3.05, 3.63) is 59.7 Å². The first-order chi connectivity index (χ1) is 12.5. The molecule has 1 aliphatic heterocycles. The molecule has 0 radical (unpaired) electrons. The molecule has 1 saturated heterocycles. The van der Waals surface area contributed by atoms with Crippen LogP contribution in [0.25, 0.3) is 10.9 Å². The number of ketones is 1. The Morgan fingerprint density at radius 1 is 1.19 bits per heavy atom. The van der Waals surface area contributed by atoms with Crippen LogP contribution in [0, 0.1) is 0 Å². The zero-order valence-electron chi connectivity index (χ0n) is 15.3. The van der Waals surface area contributed by atoms with Crippen LogP contribution in [0.5, 0.6) is 0 Å². The predicted molar refractivity (Wildman–Crippen MR) is 103 cm³/mol. The molecule has 0 amide bonds. The Labute approximate surface area is 153 Å².